The molecule has 0 bridgehead atoms. The maximum Gasteiger partial charge on any atom is 0.323 e. The number of anilines is 3. The molecule has 3 rings (SSSR count). The molecule has 0 heterocycles. The molecule has 0 aliphatic heterocycles. The van der Waals surface area contributed by atoms with Crippen molar-refractivity contribution < 1.29 is 9.59 Å². The van der Waals surface area contributed by atoms with E-state index < -0.39 is 0 Å². The van der Waals surface area contributed by atoms with Gasteiger partial charge in [0.25, 0.3) is 5.91 Å². The predicted octanol–water partition coefficient (Wildman–Crippen LogP) is 5.88. The first-order chi connectivity index (χ1) is 13.8. The SMILES string of the molecule is CC(C)(C)c1ccc(C(=O)Nc2cccc(NC(=O)Nc3ccccc3)c2)cc1. The number of para-hydroxylation sites is 1. The van der Waals surface area contributed by atoms with Crippen LogP contribution in [-0.2, 0) is 5.41 Å². The Hall–Kier alpha value is -3.60. The highest BCUT2D eigenvalue weighted by atomic mass is 16.2. The van der Waals surface area contributed by atoms with E-state index in [-0.39, 0.29) is 17.4 Å². The number of carbonyl (C=O) groups is 2. The van der Waals surface area contributed by atoms with Crippen molar-refractivity contribution in [3.05, 3.63) is 90.0 Å². The van der Waals surface area contributed by atoms with Gasteiger partial charge in [-0.15, -0.1) is 0 Å². The Balaban J connectivity index is 1.63. The van der Waals surface area contributed by atoms with Crippen molar-refractivity contribution in [3.63, 3.8) is 0 Å². The molecule has 0 unspecified atom stereocenters. The largest absolute Gasteiger partial charge is 0.323 e. The molecule has 0 spiro atoms. The van der Waals surface area contributed by atoms with E-state index in [9.17, 15) is 9.59 Å². The van der Waals surface area contributed by atoms with E-state index in [1.165, 1.54) is 5.56 Å². The van der Waals surface area contributed by atoms with Gasteiger partial charge in [0.05, 0.1) is 0 Å². The van der Waals surface area contributed by atoms with Crippen molar-refractivity contribution >= 4 is 29.0 Å². The maximum absolute atomic E-state index is 12.5. The summed E-state index contributed by atoms with van der Waals surface area (Å²) < 4.78 is 0. The molecular formula is C24H25N3O2. The molecule has 0 saturated carbocycles. The van der Waals surface area contributed by atoms with E-state index in [2.05, 4.69) is 36.7 Å². The highest BCUT2D eigenvalue weighted by Crippen LogP contribution is 2.23. The molecule has 3 amide bonds. The average Bonchev–Trinajstić information content (AvgIpc) is 2.68. The number of hydrogen-bond donors (Lipinski definition) is 3. The number of urea groups is 1. The van der Waals surface area contributed by atoms with Crippen LogP contribution in [0.15, 0.2) is 78.9 Å². The summed E-state index contributed by atoms with van der Waals surface area (Å²) in [7, 11) is 0. The van der Waals surface area contributed by atoms with E-state index in [0.29, 0.717) is 22.6 Å². The minimum Gasteiger partial charge on any atom is -0.322 e. The summed E-state index contributed by atoms with van der Waals surface area (Å²) in [4.78, 5) is 24.7. The van der Waals surface area contributed by atoms with Gasteiger partial charge in [0.2, 0.25) is 0 Å². The van der Waals surface area contributed by atoms with Gasteiger partial charge < -0.3 is 16.0 Å². The molecule has 5 heteroatoms. The number of hydrogen-bond acceptors (Lipinski definition) is 2. The topological polar surface area (TPSA) is 70.2 Å². The second-order valence-electron chi connectivity index (χ2n) is 7.81. The van der Waals surface area contributed by atoms with Crippen LogP contribution in [-0.4, -0.2) is 11.9 Å². The third-order valence-corrected chi connectivity index (χ3v) is 4.42. The highest BCUT2D eigenvalue weighted by Gasteiger charge is 2.14. The Kier molecular flexibility index (Phi) is 5.98. The zero-order chi connectivity index (χ0) is 20.9. The first-order valence-corrected chi connectivity index (χ1v) is 9.46. The summed E-state index contributed by atoms with van der Waals surface area (Å²) in [5.74, 6) is -0.198. The molecule has 3 N–H and O–H groups in total. The first kappa shape index (κ1) is 20.1. The lowest BCUT2D eigenvalue weighted by molar-refractivity contribution is 0.102. The number of rotatable bonds is 4. The van der Waals surface area contributed by atoms with Crippen LogP contribution in [0.4, 0.5) is 21.9 Å². The summed E-state index contributed by atoms with van der Waals surface area (Å²) in [6.45, 7) is 6.40. The van der Waals surface area contributed by atoms with E-state index in [1.807, 2.05) is 42.5 Å². The quantitative estimate of drug-likeness (QED) is 0.523. The standard InChI is InChI=1S/C24H25N3O2/c1-24(2,3)18-14-12-17(13-15-18)22(28)25-20-10-7-11-21(16-20)27-23(29)26-19-8-5-4-6-9-19/h4-16H,1-3H3,(H,25,28)(H2,26,27,29). The van der Waals surface area contributed by atoms with Crippen LogP contribution >= 0.6 is 0 Å². The molecule has 0 radical (unpaired) electrons. The Labute approximate surface area is 171 Å². The number of nitrogens with one attached hydrogen (secondary N) is 3. The van der Waals surface area contributed by atoms with Gasteiger partial charge in [-0.05, 0) is 53.4 Å². The summed E-state index contributed by atoms with van der Waals surface area (Å²) in [5, 5.41) is 8.39. The second-order valence-corrected chi connectivity index (χ2v) is 7.81. The number of benzene rings is 3. The summed E-state index contributed by atoms with van der Waals surface area (Å²) in [6.07, 6.45) is 0. The summed E-state index contributed by atoms with van der Waals surface area (Å²) in [6, 6.07) is 23.5. The molecule has 0 fully saturated rings. The van der Waals surface area contributed by atoms with Crippen LogP contribution in [0.3, 0.4) is 0 Å². The molecule has 3 aromatic rings. The van der Waals surface area contributed by atoms with Crippen molar-refractivity contribution in [1.29, 1.82) is 0 Å². The molecular weight excluding hydrogens is 362 g/mol. The Bertz CT molecular complexity index is 991. The van der Waals surface area contributed by atoms with Crippen molar-refractivity contribution in [2.45, 2.75) is 26.2 Å². The van der Waals surface area contributed by atoms with E-state index in [1.54, 1.807) is 36.4 Å². The molecule has 148 valence electrons. The van der Waals surface area contributed by atoms with Gasteiger partial charge in [-0.3, -0.25) is 4.79 Å². The zero-order valence-electron chi connectivity index (χ0n) is 16.8. The van der Waals surface area contributed by atoms with E-state index in [4.69, 9.17) is 0 Å². The van der Waals surface area contributed by atoms with Gasteiger partial charge >= 0.3 is 6.03 Å². The van der Waals surface area contributed by atoms with Crippen LogP contribution < -0.4 is 16.0 Å². The van der Waals surface area contributed by atoms with Crippen molar-refractivity contribution in [2.75, 3.05) is 16.0 Å². The normalized spacial score (nSPS) is 10.9. The fourth-order valence-corrected chi connectivity index (χ4v) is 2.81. The maximum atomic E-state index is 12.5. The molecule has 0 aromatic heterocycles. The summed E-state index contributed by atoms with van der Waals surface area (Å²) >= 11 is 0. The number of amides is 3. The van der Waals surface area contributed by atoms with Gasteiger partial charge in [-0.2, -0.15) is 0 Å². The van der Waals surface area contributed by atoms with E-state index in [0.717, 1.165) is 0 Å². The molecule has 3 aromatic carbocycles. The van der Waals surface area contributed by atoms with Gasteiger partial charge in [0.15, 0.2) is 0 Å². The fourth-order valence-electron chi connectivity index (χ4n) is 2.81. The minimum atomic E-state index is -0.350. The number of carbonyl (C=O) groups excluding carboxylic acids is 2. The van der Waals surface area contributed by atoms with Crippen molar-refractivity contribution in [2.24, 2.45) is 0 Å². The highest BCUT2D eigenvalue weighted by molar-refractivity contribution is 6.05. The van der Waals surface area contributed by atoms with Crippen LogP contribution in [0.1, 0.15) is 36.7 Å². The average molecular weight is 387 g/mol. The van der Waals surface area contributed by atoms with Gasteiger partial charge in [-0.25, -0.2) is 4.79 Å². The van der Waals surface area contributed by atoms with Crippen LogP contribution in [0.2, 0.25) is 0 Å². The smallest absolute Gasteiger partial charge is 0.322 e. The molecule has 29 heavy (non-hydrogen) atoms. The third-order valence-electron chi connectivity index (χ3n) is 4.42. The minimum absolute atomic E-state index is 0.0370. The Morgan fingerprint density at radius 1 is 0.655 bits per heavy atom. The van der Waals surface area contributed by atoms with Crippen molar-refractivity contribution in [1.82, 2.24) is 0 Å². The lowest BCUT2D eigenvalue weighted by atomic mass is 9.87. The molecule has 0 atom stereocenters. The molecule has 5 nitrogen and oxygen atoms in total. The second kappa shape index (κ2) is 8.61. The van der Waals surface area contributed by atoms with Gasteiger partial charge in [0.1, 0.15) is 0 Å². The third kappa shape index (κ3) is 5.69. The Morgan fingerprint density at radius 3 is 1.83 bits per heavy atom. The predicted molar refractivity (Wildman–Crippen MR) is 119 cm³/mol. The van der Waals surface area contributed by atoms with Crippen molar-refractivity contribution in [3.8, 4) is 0 Å². The molecule has 0 aliphatic rings. The zero-order valence-corrected chi connectivity index (χ0v) is 16.8. The lowest BCUT2D eigenvalue weighted by Gasteiger charge is -2.19. The van der Waals surface area contributed by atoms with Crippen LogP contribution in [0.5, 0.6) is 0 Å². The van der Waals surface area contributed by atoms with Crippen LogP contribution in [0, 0.1) is 0 Å². The Morgan fingerprint density at radius 2 is 1.21 bits per heavy atom. The monoisotopic (exact) mass is 387 g/mol. The van der Waals surface area contributed by atoms with Crippen LogP contribution in [0.25, 0.3) is 0 Å². The van der Waals surface area contributed by atoms with E-state index >= 15 is 0 Å². The van der Waals surface area contributed by atoms with Gasteiger partial charge in [0, 0.05) is 22.6 Å². The molecule has 0 saturated heterocycles. The fraction of sp³-hybridized carbons (Fsp3) is 0.167. The summed E-state index contributed by atoms with van der Waals surface area (Å²) in [5.41, 5.74) is 3.68. The molecule has 0 aliphatic carbocycles. The lowest BCUT2D eigenvalue weighted by Crippen LogP contribution is -2.19. The van der Waals surface area contributed by atoms with Gasteiger partial charge in [-0.1, -0.05) is 57.2 Å². The first-order valence-electron chi connectivity index (χ1n) is 9.46.